The van der Waals surface area contributed by atoms with Gasteiger partial charge in [0.25, 0.3) is 0 Å². The molecule has 0 aliphatic carbocycles. The Morgan fingerprint density at radius 1 is 1.40 bits per heavy atom. The van der Waals surface area contributed by atoms with Crippen molar-refractivity contribution in [3.63, 3.8) is 0 Å². The molecule has 4 nitrogen and oxygen atoms in total. The first kappa shape index (κ1) is 10.8. The topological polar surface area (TPSA) is 63.6 Å². The molecule has 76 valence electrons. The minimum Gasteiger partial charge on any atom is -0.504 e. The fraction of sp³-hybridized carbons (Fsp3) is 0.0909. The Morgan fingerprint density at radius 3 is 2.67 bits per heavy atom. The van der Waals surface area contributed by atoms with Gasteiger partial charge in [-0.3, -0.25) is 9.59 Å². The lowest BCUT2D eigenvalue weighted by Gasteiger charge is -2.05. The fourth-order valence-corrected chi connectivity index (χ4v) is 1.06. The van der Waals surface area contributed by atoms with Crippen LogP contribution < -0.4 is 4.74 Å². The molecule has 0 radical (unpaired) electrons. The molecular formula is C11H8O4. The summed E-state index contributed by atoms with van der Waals surface area (Å²) in [5.41, 5.74) is 0.503. The third-order valence-corrected chi connectivity index (χ3v) is 1.73. The molecule has 1 aromatic carbocycles. The van der Waals surface area contributed by atoms with Crippen LogP contribution >= 0.6 is 0 Å². The number of rotatable bonds is 2. The fourth-order valence-electron chi connectivity index (χ4n) is 1.06. The predicted molar refractivity (Wildman–Crippen MR) is 53.0 cm³/mol. The van der Waals surface area contributed by atoms with Crippen molar-refractivity contribution >= 4 is 12.6 Å². The van der Waals surface area contributed by atoms with Crippen LogP contribution in [0.1, 0.15) is 15.9 Å². The van der Waals surface area contributed by atoms with E-state index in [0.29, 0.717) is 18.1 Å². The zero-order chi connectivity index (χ0) is 11.3. The molecule has 0 bridgehead atoms. The van der Waals surface area contributed by atoms with Gasteiger partial charge < -0.3 is 9.84 Å². The van der Waals surface area contributed by atoms with Crippen molar-refractivity contribution in [1.29, 1.82) is 0 Å². The molecule has 15 heavy (non-hydrogen) atoms. The second-order valence-electron chi connectivity index (χ2n) is 2.62. The Balaban J connectivity index is 3.32. The van der Waals surface area contributed by atoms with Crippen LogP contribution in [0.2, 0.25) is 0 Å². The number of hydrogen-bond acceptors (Lipinski definition) is 4. The molecule has 0 amide bonds. The molecule has 0 aromatic heterocycles. The molecule has 0 aliphatic rings. The smallest absolute Gasteiger partial charge is 0.193 e. The maximum Gasteiger partial charge on any atom is 0.193 e. The summed E-state index contributed by atoms with van der Waals surface area (Å²) in [5, 5.41) is 9.46. The van der Waals surface area contributed by atoms with E-state index >= 15 is 0 Å². The number of carbonyl (C=O) groups excluding carboxylic acids is 2. The number of methoxy groups -OCH3 is 1. The summed E-state index contributed by atoms with van der Waals surface area (Å²) < 4.78 is 4.84. The average Bonchev–Trinajstić information content (AvgIpc) is 2.27. The number of carbonyl (C=O) groups is 2. The number of ether oxygens (including phenoxy) is 1. The van der Waals surface area contributed by atoms with Gasteiger partial charge in [-0.2, -0.15) is 0 Å². The van der Waals surface area contributed by atoms with Crippen LogP contribution in [0.5, 0.6) is 11.5 Å². The minimum absolute atomic E-state index is 0.0737. The Labute approximate surface area is 86.5 Å². The second-order valence-corrected chi connectivity index (χ2v) is 2.62. The largest absolute Gasteiger partial charge is 0.504 e. The lowest BCUT2D eigenvalue weighted by atomic mass is 10.1. The minimum atomic E-state index is -0.232. The van der Waals surface area contributed by atoms with E-state index in [1.54, 1.807) is 0 Å². The summed E-state index contributed by atoms with van der Waals surface area (Å²) in [7, 11) is 1.36. The van der Waals surface area contributed by atoms with Gasteiger partial charge >= 0.3 is 0 Å². The van der Waals surface area contributed by atoms with Crippen LogP contribution in [0.3, 0.4) is 0 Å². The van der Waals surface area contributed by atoms with Gasteiger partial charge in [0.15, 0.2) is 24.1 Å². The van der Waals surface area contributed by atoms with E-state index in [2.05, 4.69) is 11.8 Å². The first-order chi connectivity index (χ1) is 7.22. The highest BCUT2D eigenvalue weighted by atomic mass is 16.5. The molecule has 0 spiro atoms. The molecule has 0 fully saturated rings. The summed E-state index contributed by atoms with van der Waals surface area (Å²) in [4.78, 5) is 20.6. The molecular weight excluding hydrogens is 196 g/mol. The van der Waals surface area contributed by atoms with Crippen LogP contribution in [0.4, 0.5) is 0 Å². The van der Waals surface area contributed by atoms with Crippen molar-refractivity contribution < 1.29 is 19.4 Å². The van der Waals surface area contributed by atoms with E-state index in [9.17, 15) is 14.7 Å². The third kappa shape index (κ3) is 2.35. The Kier molecular flexibility index (Phi) is 3.47. The van der Waals surface area contributed by atoms with Gasteiger partial charge in [0.1, 0.15) is 0 Å². The van der Waals surface area contributed by atoms with Crippen LogP contribution in [0.15, 0.2) is 12.1 Å². The van der Waals surface area contributed by atoms with Gasteiger partial charge in [-0.25, -0.2) is 0 Å². The molecule has 1 N–H and O–H groups in total. The Bertz CT molecular complexity index is 452. The van der Waals surface area contributed by atoms with Crippen LogP contribution in [0.25, 0.3) is 0 Å². The molecule has 0 atom stereocenters. The number of aromatic hydroxyl groups is 1. The summed E-state index contributed by atoms with van der Waals surface area (Å²) in [6.45, 7) is 0. The maximum atomic E-state index is 10.6. The normalized spacial score (nSPS) is 8.60. The zero-order valence-electron chi connectivity index (χ0n) is 7.98. The monoisotopic (exact) mass is 204 g/mol. The molecule has 0 saturated heterocycles. The molecule has 0 aliphatic heterocycles. The number of hydrogen-bond donors (Lipinski definition) is 1. The summed E-state index contributed by atoms with van der Waals surface area (Å²) >= 11 is 0. The molecule has 0 unspecified atom stereocenters. The van der Waals surface area contributed by atoms with E-state index in [4.69, 9.17) is 4.74 Å². The lowest BCUT2D eigenvalue weighted by Crippen LogP contribution is -1.90. The highest BCUT2D eigenvalue weighted by Gasteiger charge is 2.08. The Morgan fingerprint density at radius 2 is 2.13 bits per heavy atom. The van der Waals surface area contributed by atoms with E-state index in [1.807, 2.05) is 0 Å². The van der Waals surface area contributed by atoms with E-state index in [0.717, 1.165) is 0 Å². The molecule has 0 saturated carbocycles. The van der Waals surface area contributed by atoms with E-state index < -0.39 is 0 Å². The SMILES string of the molecule is COc1cc(C#CC=O)cc(C=O)c1O. The van der Waals surface area contributed by atoms with Crippen molar-refractivity contribution in [3.05, 3.63) is 23.3 Å². The number of phenols is 1. The Hall–Kier alpha value is -2.28. The molecule has 0 heterocycles. The zero-order valence-corrected chi connectivity index (χ0v) is 7.98. The summed E-state index contributed by atoms with van der Waals surface area (Å²) in [6.07, 6.45) is 0.934. The van der Waals surface area contributed by atoms with Gasteiger partial charge in [-0.1, -0.05) is 5.92 Å². The highest BCUT2D eigenvalue weighted by Crippen LogP contribution is 2.29. The van der Waals surface area contributed by atoms with Crippen LogP contribution in [0, 0.1) is 11.8 Å². The second kappa shape index (κ2) is 4.82. The van der Waals surface area contributed by atoms with Crippen molar-refractivity contribution in [2.75, 3.05) is 7.11 Å². The summed E-state index contributed by atoms with van der Waals surface area (Å²) in [5.74, 6) is 4.62. The maximum absolute atomic E-state index is 10.6. The number of benzene rings is 1. The van der Waals surface area contributed by atoms with Gasteiger partial charge in [-0.15, -0.1) is 0 Å². The quantitative estimate of drug-likeness (QED) is 0.570. The predicted octanol–water partition coefficient (Wildman–Crippen LogP) is 0.764. The van der Waals surface area contributed by atoms with E-state index in [-0.39, 0.29) is 17.1 Å². The van der Waals surface area contributed by atoms with Gasteiger partial charge in [0, 0.05) is 5.56 Å². The highest BCUT2D eigenvalue weighted by molar-refractivity contribution is 5.82. The van der Waals surface area contributed by atoms with Crippen LogP contribution in [-0.2, 0) is 4.79 Å². The molecule has 4 heteroatoms. The lowest BCUT2D eigenvalue weighted by molar-refractivity contribution is -0.103. The third-order valence-electron chi connectivity index (χ3n) is 1.73. The van der Waals surface area contributed by atoms with Crippen molar-refractivity contribution in [1.82, 2.24) is 0 Å². The van der Waals surface area contributed by atoms with Crippen molar-refractivity contribution in [3.8, 4) is 23.3 Å². The molecule has 1 aromatic rings. The van der Waals surface area contributed by atoms with Gasteiger partial charge in [0.2, 0.25) is 0 Å². The van der Waals surface area contributed by atoms with Gasteiger partial charge in [0.05, 0.1) is 12.7 Å². The van der Waals surface area contributed by atoms with Crippen molar-refractivity contribution in [2.45, 2.75) is 0 Å². The number of phenolic OH excluding ortho intramolecular Hbond substituents is 1. The van der Waals surface area contributed by atoms with Crippen molar-refractivity contribution in [2.24, 2.45) is 0 Å². The first-order valence-electron chi connectivity index (χ1n) is 4.04. The summed E-state index contributed by atoms with van der Waals surface area (Å²) in [6, 6.07) is 2.82. The first-order valence-corrected chi connectivity index (χ1v) is 4.04. The van der Waals surface area contributed by atoms with E-state index in [1.165, 1.54) is 19.2 Å². The van der Waals surface area contributed by atoms with Gasteiger partial charge in [-0.05, 0) is 18.1 Å². The number of aldehydes is 2. The average molecular weight is 204 g/mol. The molecule has 1 rings (SSSR count). The standard InChI is InChI=1S/C11H8O4/c1-15-10-6-8(3-2-4-12)5-9(7-13)11(10)14/h4-7,14H,1H3. The van der Waals surface area contributed by atoms with Crippen LogP contribution in [-0.4, -0.2) is 24.8 Å².